The summed E-state index contributed by atoms with van der Waals surface area (Å²) in [6, 6.07) is 5.36. The van der Waals surface area contributed by atoms with Crippen LogP contribution in [0.5, 0.6) is 0 Å². The highest BCUT2D eigenvalue weighted by Gasteiger charge is 2.10. The summed E-state index contributed by atoms with van der Waals surface area (Å²) in [7, 11) is 0. The second kappa shape index (κ2) is 4.75. The van der Waals surface area contributed by atoms with Crippen LogP contribution in [-0.4, -0.2) is 11.1 Å². The topological polar surface area (TPSA) is 63.3 Å². The predicted molar refractivity (Wildman–Crippen MR) is 63.1 cm³/mol. The Morgan fingerprint density at radius 2 is 2.29 bits per heavy atom. The Hall–Kier alpha value is -0.620. The number of carboxylic acids is 1. The second-order valence-corrected chi connectivity index (χ2v) is 4.38. The molecule has 1 aromatic carbocycles. The molecular formula is C10H12INO2. The number of halogens is 1. The van der Waals surface area contributed by atoms with Crippen molar-refractivity contribution in [3.05, 3.63) is 32.9 Å². The van der Waals surface area contributed by atoms with Crippen LogP contribution < -0.4 is 5.73 Å². The predicted octanol–water partition coefficient (Wildman–Crippen LogP) is 2.07. The van der Waals surface area contributed by atoms with Gasteiger partial charge in [0.2, 0.25) is 0 Å². The molecule has 76 valence electrons. The number of hydrogen-bond donors (Lipinski definition) is 2. The van der Waals surface area contributed by atoms with Gasteiger partial charge in [-0.1, -0.05) is 12.1 Å². The molecule has 3 nitrogen and oxygen atoms in total. The average molecular weight is 305 g/mol. The molecule has 0 fully saturated rings. The van der Waals surface area contributed by atoms with Crippen LogP contribution in [0.15, 0.2) is 18.2 Å². The van der Waals surface area contributed by atoms with E-state index in [4.69, 9.17) is 10.8 Å². The molecule has 0 aliphatic rings. The Labute approximate surface area is 96.4 Å². The first kappa shape index (κ1) is 11.5. The van der Waals surface area contributed by atoms with Crippen LogP contribution in [-0.2, 0) is 4.79 Å². The van der Waals surface area contributed by atoms with E-state index < -0.39 is 12.0 Å². The van der Waals surface area contributed by atoms with E-state index in [2.05, 4.69) is 22.6 Å². The maximum Gasteiger partial charge on any atom is 0.305 e. The Bertz CT molecular complexity index is 352. The lowest BCUT2D eigenvalue weighted by Crippen LogP contribution is -2.15. The summed E-state index contributed by atoms with van der Waals surface area (Å²) in [5.41, 5.74) is 7.79. The van der Waals surface area contributed by atoms with Gasteiger partial charge >= 0.3 is 5.97 Å². The molecular weight excluding hydrogens is 293 g/mol. The number of rotatable bonds is 3. The van der Waals surface area contributed by atoms with Gasteiger partial charge in [-0.05, 0) is 46.7 Å². The molecule has 3 N–H and O–H groups in total. The summed E-state index contributed by atoms with van der Waals surface area (Å²) < 4.78 is 1.11. The Morgan fingerprint density at radius 1 is 1.64 bits per heavy atom. The molecule has 1 aromatic rings. The van der Waals surface area contributed by atoms with Gasteiger partial charge in [0, 0.05) is 9.61 Å². The van der Waals surface area contributed by atoms with E-state index in [1.807, 2.05) is 25.1 Å². The molecule has 0 heterocycles. The summed E-state index contributed by atoms with van der Waals surface area (Å²) in [6.07, 6.45) is -0.0286. The smallest absolute Gasteiger partial charge is 0.305 e. The minimum atomic E-state index is -0.868. The van der Waals surface area contributed by atoms with E-state index in [1.54, 1.807) is 0 Å². The SMILES string of the molecule is Cc1ccc([C@H](N)CC(=O)O)cc1I. The van der Waals surface area contributed by atoms with Gasteiger partial charge in [-0.25, -0.2) is 0 Å². The van der Waals surface area contributed by atoms with Gasteiger partial charge in [0.25, 0.3) is 0 Å². The molecule has 0 saturated carbocycles. The zero-order chi connectivity index (χ0) is 10.7. The lowest BCUT2D eigenvalue weighted by atomic mass is 10.0. The number of hydrogen-bond acceptors (Lipinski definition) is 2. The summed E-state index contributed by atoms with van der Waals surface area (Å²) in [4.78, 5) is 10.5. The van der Waals surface area contributed by atoms with Crippen LogP contribution in [0.3, 0.4) is 0 Å². The fraction of sp³-hybridized carbons (Fsp3) is 0.300. The molecule has 0 aromatic heterocycles. The largest absolute Gasteiger partial charge is 0.481 e. The van der Waals surface area contributed by atoms with Gasteiger partial charge in [0.15, 0.2) is 0 Å². The number of aryl methyl sites for hydroxylation is 1. The average Bonchev–Trinajstić information content (AvgIpc) is 2.08. The minimum Gasteiger partial charge on any atom is -0.481 e. The first-order chi connectivity index (χ1) is 6.50. The standard InChI is InChI=1S/C10H12INO2/c1-6-2-3-7(4-8(6)11)9(12)5-10(13)14/h2-4,9H,5,12H2,1H3,(H,13,14)/t9-/m1/s1. The molecule has 1 atom stereocenters. The van der Waals surface area contributed by atoms with Crippen LogP contribution in [0.2, 0.25) is 0 Å². The molecule has 14 heavy (non-hydrogen) atoms. The van der Waals surface area contributed by atoms with Crippen molar-refractivity contribution in [1.29, 1.82) is 0 Å². The molecule has 0 amide bonds. The van der Waals surface area contributed by atoms with Gasteiger partial charge in [-0.2, -0.15) is 0 Å². The molecule has 0 spiro atoms. The Morgan fingerprint density at radius 3 is 2.79 bits per heavy atom. The molecule has 0 saturated heterocycles. The normalized spacial score (nSPS) is 12.5. The van der Waals surface area contributed by atoms with E-state index in [0.717, 1.165) is 9.13 Å². The summed E-state index contributed by atoms with van der Waals surface area (Å²) in [5.74, 6) is -0.868. The van der Waals surface area contributed by atoms with Gasteiger partial charge in [-0.15, -0.1) is 0 Å². The number of benzene rings is 1. The van der Waals surface area contributed by atoms with Crippen LogP contribution in [0.25, 0.3) is 0 Å². The van der Waals surface area contributed by atoms with Crippen molar-refractivity contribution in [2.24, 2.45) is 5.73 Å². The minimum absolute atomic E-state index is 0.0286. The Balaban J connectivity index is 2.85. The summed E-state index contributed by atoms with van der Waals surface area (Å²) in [5, 5.41) is 8.59. The fourth-order valence-electron chi connectivity index (χ4n) is 1.15. The van der Waals surface area contributed by atoms with E-state index in [9.17, 15) is 4.79 Å². The van der Waals surface area contributed by atoms with E-state index >= 15 is 0 Å². The highest BCUT2D eigenvalue weighted by Crippen LogP contribution is 2.19. The van der Waals surface area contributed by atoms with Gasteiger partial charge in [0.05, 0.1) is 6.42 Å². The quantitative estimate of drug-likeness (QED) is 0.840. The number of aliphatic carboxylic acids is 1. The van der Waals surface area contributed by atoms with Crippen LogP contribution >= 0.6 is 22.6 Å². The van der Waals surface area contributed by atoms with Crippen molar-refractivity contribution >= 4 is 28.6 Å². The number of nitrogens with two attached hydrogens (primary N) is 1. The molecule has 0 radical (unpaired) electrons. The fourth-order valence-corrected chi connectivity index (χ4v) is 1.69. The summed E-state index contributed by atoms with van der Waals surface area (Å²) in [6.45, 7) is 2.01. The highest BCUT2D eigenvalue weighted by atomic mass is 127. The molecule has 1 rings (SSSR count). The van der Waals surface area contributed by atoms with Crippen molar-refractivity contribution in [2.75, 3.05) is 0 Å². The van der Waals surface area contributed by atoms with Crippen molar-refractivity contribution in [3.8, 4) is 0 Å². The molecule has 4 heteroatoms. The van der Waals surface area contributed by atoms with Crippen molar-refractivity contribution in [1.82, 2.24) is 0 Å². The first-order valence-corrected chi connectivity index (χ1v) is 5.32. The van der Waals surface area contributed by atoms with Crippen molar-refractivity contribution in [2.45, 2.75) is 19.4 Å². The molecule has 0 unspecified atom stereocenters. The monoisotopic (exact) mass is 305 g/mol. The lowest BCUT2D eigenvalue weighted by molar-refractivity contribution is -0.137. The first-order valence-electron chi connectivity index (χ1n) is 4.24. The molecule has 0 bridgehead atoms. The number of carbonyl (C=O) groups is 1. The second-order valence-electron chi connectivity index (χ2n) is 3.21. The zero-order valence-corrected chi connectivity index (χ0v) is 9.98. The molecule has 0 aliphatic carbocycles. The van der Waals surface area contributed by atoms with Gasteiger partial charge < -0.3 is 10.8 Å². The third-order valence-electron chi connectivity index (χ3n) is 2.02. The highest BCUT2D eigenvalue weighted by molar-refractivity contribution is 14.1. The number of carboxylic acid groups (broad SMARTS) is 1. The van der Waals surface area contributed by atoms with E-state index in [0.29, 0.717) is 0 Å². The van der Waals surface area contributed by atoms with E-state index in [-0.39, 0.29) is 6.42 Å². The Kier molecular flexibility index (Phi) is 3.88. The maximum absolute atomic E-state index is 10.5. The molecule has 0 aliphatic heterocycles. The van der Waals surface area contributed by atoms with E-state index in [1.165, 1.54) is 5.56 Å². The van der Waals surface area contributed by atoms with Crippen molar-refractivity contribution < 1.29 is 9.90 Å². The zero-order valence-electron chi connectivity index (χ0n) is 7.83. The third-order valence-corrected chi connectivity index (χ3v) is 3.18. The van der Waals surface area contributed by atoms with Crippen LogP contribution in [0.4, 0.5) is 0 Å². The maximum atomic E-state index is 10.5. The van der Waals surface area contributed by atoms with Crippen LogP contribution in [0, 0.1) is 10.5 Å². The van der Waals surface area contributed by atoms with Gasteiger partial charge in [0.1, 0.15) is 0 Å². The third kappa shape index (κ3) is 2.95. The van der Waals surface area contributed by atoms with Gasteiger partial charge in [-0.3, -0.25) is 4.79 Å². The summed E-state index contributed by atoms with van der Waals surface area (Å²) >= 11 is 2.21. The van der Waals surface area contributed by atoms with Crippen molar-refractivity contribution in [3.63, 3.8) is 0 Å². The van der Waals surface area contributed by atoms with Crippen LogP contribution in [0.1, 0.15) is 23.6 Å². The lowest BCUT2D eigenvalue weighted by Gasteiger charge is -2.10.